The molecule has 21 heavy (non-hydrogen) atoms. The number of carbonyl (C=O) groups excluding carboxylic acids is 2. The molecule has 1 aromatic carbocycles. The second kappa shape index (κ2) is 5.73. The van der Waals surface area contributed by atoms with Crippen molar-refractivity contribution in [3.8, 4) is 0 Å². The summed E-state index contributed by atoms with van der Waals surface area (Å²) in [5, 5.41) is 5.64. The number of nitrogens with one attached hydrogen (secondary N) is 2. The molecule has 0 saturated carbocycles. The Bertz CT molecular complexity index is 709. The standard InChI is InChI=1S/C15H13BrN2O3/c16-13-5-4-12(21-13)15(20)17-8-9-1-3-11-10(7-9)2-6-14(19)18-11/h1,3-5,7H,2,6,8H2,(H,17,20)(H,18,19). The van der Waals surface area contributed by atoms with Gasteiger partial charge in [0, 0.05) is 18.7 Å². The van der Waals surface area contributed by atoms with Crippen molar-refractivity contribution in [1.82, 2.24) is 5.32 Å². The molecule has 3 rings (SSSR count). The first kappa shape index (κ1) is 13.9. The van der Waals surface area contributed by atoms with Gasteiger partial charge in [-0.3, -0.25) is 9.59 Å². The third-order valence-corrected chi connectivity index (χ3v) is 3.74. The smallest absolute Gasteiger partial charge is 0.287 e. The van der Waals surface area contributed by atoms with Crippen LogP contribution in [0.25, 0.3) is 0 Å². The van der Waals surface area contributed by atoms with Gasteiger partial charge in [0.15, 0.2) is 10.4 Å². The molecule has 0 unspecified atom stereocenters. The van der Waals surface area contributed by atoms with Crippen LogP contribution >= 0.6 is 15.9 Å². The summed E-state index contributed by atoms with van der Waals surface area (Å²) in [5.41, 5.74) is 2.95. The van der Waals surface area contributed by atoms with Gasteiger partial charge in [-0.15, -0.1) is 0 Å². The lowest BCUT2D eigenvalue weighted by Crippen LogP contribution is -2.23. The Morgan fingerprint density at radius 3 is 2.90 bits per heavy atom. The van der Waals surface area contributed by atoms with Crippen molar-refractivity contribution in [2.75, 3.05) is 5.32 Å². The topological polar surface area (TPSA) is 71.3 Å². The highest BCUT2D eigenvalue weighted by atomic mass is 79.9. The van der Waals surface area contributed by atoms with Crippen molar-refractivity contribution in [2.45, 2.75) is 19.4 Å². The fourth-order valence-electron chi connectivity index (χ4n) is 2.25. The van der Waals surface area contributed by atoms with Crippen molar-refractivity contribution in [3.05, 3.63) is 51.9 Å². The molecule has 1 aliphatic rings. The van der Waals surface area contributed by atoms with E-state index in [4.69, 9.17) is 4.42 Å². The van der Waals surface area contributed by atoms with Crippen LogP contribution in [-0.2, 0) is 17.8 Å². The Kier molecular flexibility index (Phi) is 3.79. The molecule has 0 atom stereocenters. The third-order valence-electron chi connectivity index (χ3n) is 3.32. The molecule has 2 aromatic rings. The first-order chi connectivity index (χ1) is 10.1. The fourth-order valence-corrected chi connectivity index (χ4v) is 2.56. The number of aryl methyl sites for hydroxylation is 1. The van der Waals surface area contributed by atoms with E-state index in [2.05, 4.69) is 26.6 Å². The van der Waals surface area contributed by atoms with Gasteiger partial charge in [-0.05, 0) is 51.7 Å². The third kappa shape index (κ3) is 3.16. The minimum absolute atomic E-state index is 0.0481. The van der Waals surface area contributed by atoms with Crippen LogP contribution < -0.4 is 10.6 Å². The molecule has 0 aliphatic carbocycles. The normalized spacial score (nSPS) is 13.5. The summed E-state index contributed by atoms with van der Waals surface area (Å²) in [7, 11) is 0. The van der Waals surface area contributed by atoms with Crippen molar-refractivity contribution >= 4 is 33.4 Å². The quantitative estimate of drug-likeness (QED) is 0.895. The number of hydrogen-bond donors (Lipinski definition) is 2. The van der Waals surface area contributed by atoms with Crippen LogP contribution in [0.2, 0.25) is 0 Å². The molecule has 0 radical (unpaired) electrons. The van der Waals surface area contributed by atoms with E-state index >= 15 is 0 Å². The SMILES string of the molecule is O=C1CCc2cc(CNC(=O)c3ccc(Br)o3)ccc2N1. The lowest BCUT2D eigenvalue weighted by atomic mass is 10.0. The Morgan fingerprint density at radius 1 is 1.29 bits per heavy atom. The van der Waals surface area contributed by atoms with E-state index in [1.54, 1.807) is 12.1 Å². The predicted molar refractivity (Wildman–Crippen MR) is 81.0 cm³/mol. The van der Waals surface area contributed by atoms with Crippen LogP contribution in [0, 0.1) is 0 Å². The maximum Gasteiger partial charge on any atom is 0.287 e. The van der Waals surface area contributed by atoms with E-state index in [1.165, 1.54) is 0 Å². The Hall–Kier alpha value is -2.08. The summed E-state index contributed by atoms with van der Waals surface area (Å²) in [6.45, 7) is 0.415. The van der Waals surface area contributed by atoms with Gasteiger partial charge in [-0.1, -0.05) is 12.1 Å². The monoisotopic (exact) mass is 348 g/mol. The average molecular weight is 349 g/mol. The molecule has 2 N–H and O–H groups in total. The number of benzene rings is 1. The van der Waals surface area contributed by atoms with E-state index in [1.807, 2.05) is 18.2 Å². The molecule has 0 spiro atoms. The number of fused-ring (bicyclic) bond motifs is 1. The van der Waals surface area contributed by atoms with E-state index in [-0.39, 0.29) is 17.6 Å². The van der Waals surface area contributed by atoms with Crippen molar-refractivity contribution < 1.29 is 14.0 Å². The maximum absolute atomic E-state index is 11.9. The molecule has 1 aliphatic heterocycles. The van der Waals surface area contributed by atoms with Crippen molar-refractivity contribution in [3.63, 3.8) is 0 Å². The van der Waals surface area contributed by atoms with E-state index in [0.717, 1.165) is 23.2 Å². The van der Waals surface area contributed by atoms with Gasteiger partial charge >= 0.3 is 0 Å². The highest BCUT2D eigenvalue weighted by Crippen LogP contribution is 2.23. The molecule has 0 bridgehead atoms. The van der Waals surface area contributed by atoms with Crippen LogP contribution in [0.4, 0.5) is 5.69 Å². The number of hydrogen-bond acceptors (Lipinski definition) is 3. The van der Waals surface area contributed by atoms with Crippen LogP contribution in [0.3, 0.4) is 0 Å². The summed E-state index contributed by atoms with van der Waals surface area (Å²) in [5.74, 6) is 0.0609. The molecule has 0 fully saturated rings. The minimum Gasteiger partial charge on any atom is -0.444 e. The number of anilines is 1. The van der Waals surface area contributed by atoms with Gasteiger partial charge in [0.2, 0.25) is 5.91 Å². The number of halogens is 1. The van der Waals surface area contributed by atoms with Crippen LogP contribution in [0.15, 0.2) is 39.4 Å². The van der Waals surface area contributed by atoms with Gasteiger partial charge in [-0.2, -0.15) is 0 Å². The largest absolute Gasteiger partial charge is 0.444 e. The molecular weight excluding hydrogens is 336 g/mol. The first-order valence-electron chi connectivity index (χ1n) is 6.57. The van der Waals surface area contributed by atoms with Gasteiger partial charge < -0.3 is 15.1 Å². The van der Waals surface area contributed by atoms with Gasteiger partial charge in [0.05, 0.1) is 0 Å². The van der Waals surface area contributed by atoms with Gasteiger partial charge in [-0.25, -0.2) is 0 Å². The Balaban J connectivity index is 1.66. The summed E-state index contributed by atoms with van der Waals surface area (Å²) < 4.78 is 5.72. The zero-order valence-electron chi connectivity index (χ0n) is 11.1. The fraction of sp³-hybridized carbons (Fsp3) is 0.200. The summed E-state index contributed by atoms with van der Waals surface area (Å²) in [6, 6.07) is 9.06. The maximum atomic E-state index is 11.9. The highest BCUT2D eigenvalue weighted by Gasteiger charge is 2.15. The molecular formula is C15H13BrN2O3. The van der Waals surface area contributed by atoms with Gasteiger partial charge in [0.25, 0.3) is 5.91 Å². The number of carbonyl (C=O) groups is 2. The molecule has 1 aromatic heterocycles. The lowest BCUT2D eigenvalue weighted by molar-refractivity contribution is -0.116. The van der Waals surface area contributed by atoms with E-state index < -0.39 is 0 Å². The molecule has 2 heterocycles. The molecule has 108 valence electrons. The van der Waals surface area contributed by atoms with Crippen molar-refractivity contribution in [2.24, 2.45) is 0 Å². The van der Waals surface area contributed by atoms with Gasteiger partial charge in [0.1, 0.15) is 0 Å². The van der Waals surface area contributed by atoms with E-state index in [9.17, 15) is 9.59 Å². The molecule has 2 amide bonds. The number of amides is 2. The summed E-state index contributed by atoms with van der Waals surface area (Å²) in [4.78, 5) is 23.2. The number of furan rings is 1. The minimum atomic E-state index is -0.258. The zero-order valence-corrected chi connectivity index (χ0v) is 12.7. The second-order valence-electron chi connectivity index (χ2n) is 4.83. The first-order valence-corrected chi connectivity index (χ1v) is 7.36. The van der Waals surface area contributed by atoms with E-state index in [0.29, 0.717) is 17.6 Å². The average Bonchev–Trinajstić information content (AvgIpc) is 2.91. The molecule has 5 nitrogen and oxygen atoms in total. The molecule has 6 heteroatoms. The van der Waals surface area contributed by atoms with Crippen LogP contribution in [0.1, 0.15) is 28.1 Å². The predicted octanol–water partition coefficient (Wildman–Crippen LogP) is 2.86. The second-order valence-corrected chi connectivity index (χ2v) is 5.61. The van der Waals surface area contributed by atoms with Crippen LogP contribution in [0.5, 0.6) is 0 Å². The lowest BCUT2D eigenvalue weighted by Gasteiger charge is -2.17. The summed E-state index contributed by atoms with van der Waals surface area (Å²) >= 11 is 3.16. The highest BCUT2D eigenvalue weighted by molar-refractivity contribution is 9.10. The van der Waals surface area contributed by atoms with Crippen molar-refractivity contribution in [1.29, 1.82) is 0 Å². The number of rotatable bonds is 3. The molecule has 0 saturated heterocycles. The summed E-state index contributed by atoms with van der Waals surface area (Å²) in [6.07, 6.45) is 1.23. The zero-order chi connectivity index (χ0) is 14.8. The Labute approximate surface area is 129 Å². The Morgan fingerprint density at radius 2 is 2.14 bits per heavy atom. The van der Waals surface area contributed by atoms with Crippen LogP contribution in [-0.4, -0.2) is 11.8 Å².